The minimum absolute atomic E-state index is 0.00655. The first kappa shape index (κ1) is 18.4. The second kappa shape index (κ2) is 7.58. The van der Waals surface area contributed by atoms with Crippen molar-refractivity contribution in [1.29, 1.82) is 0 Å². The lowest BCUT2D eigenvalue weighted by Gasteiger charge is -2.29. The highest BCUT2D eigenvalue weighted by Gasteiger charge is 2.44. The van der Waals surface area contributed by atoms with Gasteiger partial charge in [0.25, 0.3) is 11.8 Å². The van der Waals surface area contributed by atoms with Crippen LogP contribution in [0, 0.1) is 5.92 Å². The lowest BCUT2D eigenvalue weighted by molar-refractivity contribution is -0.141. The van der Waals surface area contributed by atoms with Crippen molar-refractivity contribution in [3.05, 3.63) is 23.3 Å². The fraction of sp³-hybridized carbons (Fsp3) is 0.667. The molecule has 6 heteroatoms. The Hall–Kier alpha value is -1.95. The molecule has 4 aliphatic rings. The second-order valence-electron chi connectivity index (χ2n) is 8.22. The lowest BCUT2D eigenvalue weighted by atomic mass is 9.90. The minimum atomic E-state index is -0.425. The van der Waals surface area contributed by atoms with Gasteiger partial charge in [0.2, 0.25) is 0 Å². The molecule has 146 valence electrons. The molecule has 0 aromatic heterocycles. The SMILES string of the molecule is C/C(=C\C1=CC(=O)N(C2CCCCC2)C1=O)C(=O)OCC1CCC2OC2C1. The maximum Gasteiger partial charge on any atom is 0.333 e. The predicted octanol–water partition coefficient (Wildman–Crippen LogP) is 2.67. The van der Waals surface area contributed by atoms with Gasteiger partial charge in [0.1, 0.15) is 0 Å². The molecule has 0 spiro atoms. The van der Waals surface area contributed by atoms with Crippen molar-refractivity contribution >= 4 is 17.8 Å². The van der Waals surface area contributed by atoms with Gasteiger partial charge in [0.15, 0.2) is 0 Å². The fourth-order valence-electron chi connectivity index (χ4n) is 4.53. The number of hydrogen-bond acceptors (Lipinski definition) is 5. The summed E-state index contributed by atoms with van der Waals surface area (Å²) < 4.78 is 10.9. The Balaban J connectivity index is 1.32. The van der Waals surface area contributed by atoms with Crippen LogP contribution in [0.5, 0.6) is 0 Å². The monoisotopic (exact) mass is 373 g/mol. The molecule has 4 rings (SSSR count). The fourth-order valence-corrected chi connectivity index (χ4v) is 4.53. The third kappa shape index (κ3) is 4.00. The van der Waals surface area contributed by atoms with Crippen molar-refractivity contribution in [1.82, 2.24) is 4.90 Å². The number of carbonyl (C=O) groups excluding carboxylic acids is 3. The highest BCUT2D eigenvalue weighted by molar-refractivity contribution is 6.18. The molecule has 2 amide bonds. The van der Waals surface area contributed by atoms with Crippen molar-refractivity contribution in [2.45, 2.75) is 76.5 Å². The number of hydrogen-bond donors (Lipinski definition) is 0. The number of epoxide rings is 1. The molecule has 2 aliphatic heterocycles. The van der Waals surface area contributed by atoms with E-state index in [0.717, 1.165) is 51.4 Å². The van der Waals surface area contributed by atoms with Gasteiger partial charge >= 0.3 is 5.97 Å². The van der Waals surface area contributed by atoms with Gasteiger partial charge in [0.05, 0.1) is 18.8 Å². The van der Waals surface area contributed by atoms with E-state index < -0.39 is 5.97 Å². The Bertz CT molecular complexity index is 703. The summed E-state index contributed by atoms with van der Waals surface area (Å²) in [4.78, 5) is 38.6. The Labute approximate surface area is 159 Å². The van der Waals surface area contributed by atoms with Gasteiger partial charge in [-0.3, -0.25) is 14.5 Å². The van der Waals surface area contributed by atoms with Gasteiger partial charge in [-0.05, 0) is 51.0 Å². The van der Waals surface area contributed by atoms with Crippen LogP contribution in [0.25, 0.3) is 0 Å². The first-order valence-electron chi connectivity index (χ1n) is 10.1. The predicted molar refractivity (Wildman–Crippen MR) is 97.5 cm³/mol. The molecule has 0 N–H and O–H groups in total. The van der Waals surface area contributed by atoms with Gasteiger partial charge in [-0.2, -0.15) is 0 Å². The van der Waals surface area contributed by atoms with Crippen LogP contribution in [0.3, 0.4) is 0 Å². The average Bonchev–Trinajstić information content (AvgIpc) is 3.39. The van der Waals surface area contributed by atoms with E-state index in [0.29, 0.717) is 30.3 Å². The number of carbonyl (C=O) groups is 3. The number of imide groups is 1. The highest BCUT2D eigenvalue weighted by Crippen LogP contribution is 2.39. The third-order valence-electron chi connectivity index (χ3n) is 6.18. The number of fused-ring (bicyclic) bond motifs is 1. The van der Waals surface area contributed by atoms with Crippen molar-refractivity contribution in [2.24, 2.45) is 5.92 Å². The van der Waals surface area contributed by atoms with Crippen molar-refractivity contribution in [3.63, 3.8) is 0 Å². The molecular formula is C21H27NO5. The first-order valence-corrected chi connectivity index (χ1v) is 10.1. The van der Waals surface area contributed by atoms with Gasteiger partial charge < -0.3 is 9.47 Å². The summed E-state index contributed by atoms with van der Waals surface area (Å²) in [5.74, 6) is -0.629. The molecule has 0 aromatic rings. The molecule has 3 unspecified atom stereocenters. The Morgan fingerprint density at radius 3 is 2.70 bits per heavy atom. The number of rotatable bonds is 5. The molecular weight excluding hydrogens is 346 g/mol. The van der Waals surface area contributed by atoms with Crippen LogP contribution < -0.4 is 0 Å². The summed E-state index contributed by atoms with van der Waals surface area (Å²) >= 11 is 0. The minimum Gasteiger partial charge on any atom is -0.462 e. The third-order valence-corrected chi connectivity index (χ3v) is 6.18. The van der Waals surface area contributed by atoms with E-state index in [2.05, 4.69) is 0 Å². The largest absolute Gasteiger partial charge is 0.462 e. The van der Waals surface area contributed by atoms with E-state index in [4.69, 9.17) is 9.47 Å². The number of amides is 2. The molecule has 3 fully saturated rings. The molecule has 0 aromatic carbocycles. The van der Waals surface area contributed by atoms with Crippen LogP contribution in [-0.4, -0.2) is 47.5 Å². The summed E-state index contributed by atoms with van der Waals surface area (Å²) in [5.41, 5.74) is 0.635. The zero-order valence-electron chi connectivity index (χ0n) is 15.8. The van der Waals surface area contributed by atoms with E-state index in [9.17, 15) is 14.4 Å². The van der Waals surface area contributed by atoms with Crippen molar-refractivity contribution in [2.75, 3.05) is 6.61 Å². The second-order valence-corrected chi connectivity index (χ2v) is 8.22. The summed E-state index contributed by atoms with van der Waals surface area (Å²) in [6, 6.07) is -0.00655. The first-order chi connectivity index (χ1) is 13.0. The van der Waals surface area contributed by atoms with Crippen LogP contribution in [0.2, 0.25) is 0 Å². The molecule has 3 atom stereocenters. The average molecular weight is 373 g/mol. The molecule has 1 saturated heterocycles. The van der Waals surface area contributed by atoms with Crippen LogP contribution in [0.15, 0.2) is 23.3 Å². The van der Waals surface area contributed by atoms with Gasteiger partial charge in [0, 0.05) is 23.3 Å². The molecule has 2 saturated carbocycles. The zero-order valence-corrected chi connectivity index (χ0v) is 15.8. The summed E-state index contributed by atoms with van der Waals surface area (Å²) in [6.07, 6.45) is 11.6. The molecule has 2 aliphatic carbocycles. The van der Waals surface area contributed by atoms with Crippen molar-refractivity contribution in [3.8, 4) is 0 Å². The van der Waals surface area contributed by atoms with Gasteiger partial charge in [-0.25, -0.2) is 4.79 Å². The summed E-state index contributed by atoms with van der Waals surface area (Å²) in [7, 11) is 0. The van der Waals surface area contributed by atoms with E-state index in [1.54, 1.807) is 6.92 Å². The zero-order chi connectivity index (χ0) is 19.0. The Morgan fingerprint density at radius 1 is 1.19 bits per heavy atom. The van der Waals surface area contributed by atoms with E-state index in [-0.39, 0.29) is 23.4 Å². The molecule has 27 heavy (non-hydrogen) atoms. The van der Waals surface area contributed by atoms with Crippen LogP contribution >= 0.6 is 0 Å². The molecule has 0 radical (unpaired) electrons. The van der Waals surface area contributed by atoms with Crippen molar-refractivity contribution < 1.29 is 23.9 Å². The molecule has 6 nitrogen and oxygen atoms in total. The maximum absolute atomic E-state index is 12.6. The Morgan fingerprint density at radius 2 is 1.96 bits per heavy atom. The topological polar surface area (TPSA) is 76.2 Å². The van der Waals surface area contributed by atoms with Crippen LogP contribution in [-0.2, 0) is 23.9 Å². The number of nitrogens with zero attached hydrogens (tertiary/aromatic N) is 1. The van der Waals surface area contributed by atoms with E-state index in [1.165, 1.54) is 17.1 Å². The lowest BCUT2D eigenvalue weighted by Crippen LogP contribution is -2.41. The van der Waals surface area contributed by atoms with Gasteiger partial charge in [-0.1, -0.05) is 19.3 Å². The normalized spacial score (nSPS) is 31.6. The Kier molecular flexibility index (Phi) is 5.17. The smallest absolute Gasteiger partial charge is 0.333 e. The standard InChI is InChI=1S/C21H27NO5/c1-13(21(25)26-12-14-7-8-17-18(10-14)27-17)9-15-11-19(23)22(20(15)24)16-5-3-2-4-6-16/h9,11,14,16-18H,2-8,10,12H2,1H3/b13-9+. The number of ether oxygens (including phenoxy) is 2. The van der Waals surface area contributed by atoms with Crippen LogP contribution in [0.1, 0.15) is 58.3 Å². The highest BCUT2D eigenvalue weighted by atomic mass is 16.6. The van der Waals surface area contributed by atoms with E-state index in [1.807, 2.05) is 0 Å². The van der Waals surface area contributed by atoms with E-state index >= 15 is 0 Å². The van der Waals surface area contributed by atoms with Gasteiger partial charge in [-0.15, -0.1) is 0 Å². The maximum atomic E-state index is 12.6. The molecule has 0 bridgehead atoms. The summed E-state index contributed by atoms with van der Waals surface area (Å²) in [6.45, 7) is 2.02. The summed E-state index contributed by atoms with van der Waals surface area (Å²) in [5, 5.41) is 0. The quantitative estimate of drug-likeness (QED) is 0.320. The molecule has 2 heterocycles. The van der Waals surface area contributed by atoms with Crippen LogP contribution in [0.4, 0.5) is 0 Å². The number of esters is 1.